The molecule has 764 valence electrons. The molecule has 0 radical (unpaired) electrons. The summed E-state index contributed by atoms with van der Waals surface area (Å²) in [6, 6.07) is 8.17. The van der Waals surface area contributed by atoms with Gasteiger partial charge in [-0.2, -0.15) is 26.0 Å². The molecule has 6 atom stereocenters. The van der Waals surface area contributed by atoms with Crippen molar-refractivity contribution < 1.29 is 119 Å². The van der Waals surface area contributed by atoms with E-state index in [0.717, 1.165) is 131 Å². The van der Waals surface area contributed by atoms with E-state index in [1.54, 1.807) is 12.2 Å². The number of rotatable bonds is 48. The lowest BCUT2D eigenvalue weighted by atomic mass is 9.69. The van der Waals surface area contributed by atoms with Gasteiger partial charge in [0.2, 0.25) is 11.4 Å². The number of carbonyl (C=O) groups excluding carboxylic acids is 6. The van der Waals surface area contributed by atoms with E-state index >= 15 is 0 Å². The Morgan fingerprint density at radius 2 is 0.771 bits per heavy atom. The fourth-order valence-corrected chi connectivity index (χ4v) is 31.4. The number of anilines is 2. The van der Waals surface area contributed by atoms with Gasteiger partial charge >= 0.3 is 23.9 Å². The van der Waals surface area contributed by atoms with Crippen molar-refractivity contribution in [2.75, 3.05) is 59.0 Å². The number of allylic oxidation sites excluding steroid dienone is 16. The number of aliphatic carboxylic acids is 2. The lowest BCUT2D eigenvalue weighted by Gasteiger charge is -2.37. The zero-order chi connectivity index (χ0) is 104. The van der Waals surface area contributed by atoms with Crippen LogP contribution in [0.3, 0.4) is 0 Å². The number of carbonyl (C=O) groups is 8. The molecule has 0 aromatic heterocycles. The summed E-state index contributed by atoms with van der Waals surface area (Å²) in [4.78, 5) is 116. The number of nitrogens with zero attached hydrogens (tertiary/aromatic N) is 6. The van der Waals surface area contributed by atoms with E-state index in [9.17, 15) is 100 Å². The Labute approximate surface area is 982 Å². The van der Waals surface area contributed by atoms with Crippen molar-refractivity contribution in [2.45, 2.75) is 217 Å². The van der Waals surface area contributed by atoms with Gasteiger partial charge in [0.05, 0.1) is 65.5 Å². The predicted molar refractivity (Wildman–Crippen MR) is 635 cm³/mol. The molecule has 0 bridgehead atoms. The molecule has 4 aromatic rings. The van der Waals surface area contributed by atoms with Crippen LogP contribution in [0.2, 0.25) is 0 Å². The normalized spacial score (nSPS) is 20.6. The van der Waals surface area contributed by atoms with Crippen LogP contribution < -0.4 is 9.80 Å². The van der Waals surface area contributed by atoms with E-state index in [4.69, 9.17) is 9.68 Å². The number of benzene rings is 4. The molecule has 4 aromatic carbocycles. The number of carboxylic acids is 2. The zero-order valence-electron chi connectivity index (χ0n) is 77.0. The maximum absolute atomic E-state index is 14.5. The Morgan fingerprint density at radius 1 is 0.429 bits per heavy atom. The largest absolute Gasteiger partial charge is 0.748 e. The van der Waals surface area contributed by atoms with Crippen molar-refractivity contribution in [2.24, 2.45) is 11.8 Å². The van der Waals surface area contributed by atoms with Crippen molar-refractivity contribution in [3.63, 3.8) is 0 Å². The van der Waals surface area contributed by atoms with E-state index in [0.29, 0.717) is 86.6 Å². The minimum absolute atomic E-state index is 0.000854. The molecule has 2 fully saturated rings. The maximum Gasteiger partial charge on any atom is 0.337 e. The van der Waals surface area contributed by atoms with E-state index in [-0.39, 0.29) is 83.8 Å². The van der Waals surface area contributed by atoms with Crippen molar-refractivity contribution in [1.82, 2.24) is 10.1 Å². The Bertz CT molecular complexity index is 6310. The van der Waals surface area contributed by atoms with Crippen LogP contribution in [0.1, 0.15) is 218 Å². The Kier molecular flexibility index (Phi) is 46.6. The monoisotopic (exact) mass is 3350 g/mol. The van der Waals surface area contributed by atoms with Crippen LogP contribution in [-0.2, 0) is 110 Å². The van der Waals surface area contributed by atoms with Crippen molar-refractivity contribution in [3.8, 4) is 0 Å². The highest BCUT2D eigenvalue weighted by atomic mass is 127. The standard InChI is InChI=1S/C51H56I6N4O14S2.C43H50I6N2O10S2/c1-4-5-16-31(49(67)75-61-40(64)22-23-41(61)65)51(3)37(59(26-15-28-77(71,72)73)35-30-33(53)46(55)48(57)44(35)51)18-11-8-6-7-10-17-36-50(2,24-13-9-12-19-42(66)74-60-38(62)20-21-39(60)63)43-34(29-32(52)45(54)47(43)56)58(36)25-14-27-76(68,69)70;1-4-5-16-27(41(54)55)43(3)33(51(22-15-24-63(59,60)61)31-26-29(45)38(47)40(49)36(31)43)18-11-8-6-7-10-17-32-42(2,20-13-9-12-19-34(52)53)35-30(25-28(44)37(46)39(35)48)50(32)21-14-23-62(56,57)58/h6-8,10-11,17-18,29-31H,4-5,9,12-16,19-28H2,1-3H3,(H-,68,69,70,71,72,73);6-8,10-11,17-18,25-27H,4-5,9,12-16,19-24H2,1-3H3,(H3-,52,53,54,55,56,57,58,59,60,61). The second-order valence-corrected chi connectivity index (χ2v) is 54.6. The first-order valence-electron chi connectivity index (χ1n) is 44.9. The fourth-order valence-electron chi connectivity index (χ4n) is 18.8. The van der Waals surface area contributed by atoms with Crippen LogP contribution >= 0.6 is 271 Å². The topological polar surface area (TPSA) is 438 Å². The molecule has 0 aliphatic carbocycles. The van der Waals surface area contributed by atoms with E-state index in [1.807, 2.05) is 123 Å². The summed E-state index contributed by atoms with van der Waals surface area (Å²) < 4.78 is 154. The molecule has 4 N–H and O–H groups in total. The quantitative estimate of drug-likeness (QED) is 0.00607. The Morgan fingerprint density at radius 3 is 1.14 bits per heavy atom. The molecule has 6 unspecified atom stereocenters. The van der Waals surface area contributed by atoms with E-state index in [2.05, 4.69) is 306 Å². The number of carboxylic acid groups (broad SMARTS) is 2. The molecular formula is C94H106I12N6O24S4. The van der Waals surface area contributed by atoms with Crippen LogP contribution in [0.25, 0.3) is 0 Å². The van der Waals surface area contributed by atoms with Crippen LogP contribution in [0.4, 0.5) is 22.7 Å². The molecule has 6 aliphatic rings. The third-order valence-electron chi connectivity index (χ3n) is 25.4. The highest BCUT2D eigenvalue weighted by Crippen LogP contribution is 2.59. The predicted octanol–water partition coefficient (Wildman–Crippen LogP) is 21.3. The van der Waals surface area contributed by atoms with Gasteiger partial charge < -0.3 is 38.8 Å². The fraction of sp³-hybridized carbons (Fsp3) is 0.468. The first-order chi connectivity index (χ1) is 65.6. The van der Waals surface area contributed by atoms with Crippen LogP contribution in [0.15, 0.2) is 121 Å². The van der Waals surface area contributed by atoms with Crippen molar-refractivity contribution >= 4 is 393 Å². The molecule has 46 heteroatoms. The Balaban J connectivity index is 0.000000319. The summed E-state index contributed by atoms with van der Waals surface area (Å²) in [5.74, 6) is -9.15. The van der Waals surface area contributed by atoms with Gasteiger partial charge in [-0.25, -0.2) is 26.4 Å². The van der Waals surface area contributed by atoms with Gasteiger partial charge in [-0.3, -0.25) is 37.9 Å². The molecule has 10 rings (SSSR count). The summed E-state index contributed by atoms with van der Waals surface area (Å²) in [6.45, 7) is 13.1. The van der Waals surface area contributed by atoms with Gasteiger partial charge in [-0.15, -0.1) is 10.1 Å². The average molecular weight is 3360 g/mol. The number of imide groups is 2. The van der Waals surface area contributed by atoms with Gasteiger partial charge in [-0.1, -0.05) is 126 Å². The third-order valence-corrected chi connectivity index (χ3v) is 49.1. The molecule has 6 aliphatic heterocycles. The zero-order valence-corrected chi connectivity index (χ0v) is 106. The summed E-state index contributed by atoms with van der Waals surface area (Å²) in [5.41, 5.74) is 7.18. The van der Waals surface area contributed by atoms with Crippen molar-refractivity contribution in [3.05, 3.63) is 186 Å². The average Bonchev–Trinajstić information content (AvgIpc) is 1.57. The number of hydroxylamine groups is 4. The summed E-state index contributed by atoms with van der Waals surface area (Å²) in [6.07, 6.45) is 35.3. The smallest absolute Gasteiger partial charge is 0.337 e. The summed E-state index contributed by atoms with van der Waals surface area (Å²) in [7, 11) is -17.5. The molecule has 4 amide bonds. The van der Waals surface area contributed by atoms with Gasteiger partial charge in [0, 0.05) is 188 Å². The summed E-state index contributed by atoms with van der Waals surface area (Å²) >= 11 is 27.6. The number of hydrogen-bond acceptors (Lipinski definition) is 22. The second-order valence-electron chi connectivity index (χ2n) is 35.1. The lowest BCUT2D eigenvalue weighted by Crippen LogP contribution is -2.44. The first kappa shape index (κ1) is 122. The van der Waals surface area contributed by atoms with Gasteiger partial charge in [0.25, 0.3) is 43.9 Å². The van der Waals surface area contributed by atoms with Crippen LogP contribution in [0, 0.1) is 54.7 Å². The van der Waals surface area contributed by atoms with Crippen LogP contribution in [-0.4, -0.2) is 189 Å². The molecular weight excluding hydrogens is 3250 g/mol. The highest BCUT2D eigenvalue weighted by molar-refractivity contribution is 14.1. The molecule has 2 saturated heterocycles. The number of amides is 4. The number of hydrogen-bond donors (Lipinski definition) is 4. The van der Waals surface area contributed by atoms with Crippen LogP contribution in [0.5, 0.6) is 0 Å². The van der Waals surface area contributed by atoms with E-state index < -0.39 is 144 Å². The number of unbranched alkanes of at least 4 members (excludes halogenated alkanes) is 6. The highest BCUT2D eigenvalue weighted by Gasteiger charge is 2.57. The van der Waals surface area contributed by atoms with E-state index in [1.165, 1.54) is 0 Å². The molecule has 0 spiro atoms. The minimum atomic E-state index is -4.50. The third kappa shape index (κ3) is 30.4. The molecule has 140 heavy (non-hydrogen) atoms. The maximum atomic E-state index is 14.5. The molecule has 0 saturated carbocycles. The molecule has 30 nitrogen and oxygen atoms in total. The van der Waals surface area contributed by atoms with Gasteiger partial charge in [-0.05, 0) is 374 Å². The van der Waals surface area contributed by atoms with Gasteiger partial charge in [0.1, 0.15) is 13.1 Å². The minimum Gasteiger partial charge on any atom is -0.748 e. The molecule has 6 heterocycles. The second kappa shape index (κ2) is 53.5. The number of halogens is 12. The SMILES string of the molecule is CCCCC(C(=O)O)C1(C)/C(=C/C=C/C=C/C=C/C2=[N+](CCCS(=O)(=O)[O-])c3cc(I)c(I)c(I)c3C2(C)CCCCCC(=O)O)N(CCCS(=O)(=O)O)c2cc(I)c(I)c(I)c21.CCCCC(C(=O)ON1C(=O)CCC1=O)C1(C)/C(=C/C=C/C=C/C=C/C2=[N+](CCCS(=O)(=O)[O-])c3cc(I)c(I)c(I)c3C2(C)CCCCCC(=O)ON2C(=O)CCC2=O)N(CCCS(=O)(=O)O)c2cc(I)c(I)c(I)c21. The Hall–Kier alpha value is -1.70. The lowest BCUT2D eigenvalue weighted by molar-refractivity contribution is -0.437. The van der Waals surface area contributed by atoms with Gasteiger partial charge in [0.15, 0.2) is 11.4 Å². The summed E-state index contributed by atoms with van der Waals surface area (Å²) in [5, 5.41) is 21.1. The first-order valence-corrected chi connectivity index (χ1v) is 64.3. The van der Waals surface area contributed by atoms with Crippen molar-refractivity contribution in [1.29, 1.82) is 0 Å². The number of fused-ring (bicyclic) bond motifs is 4.